The molecular weight excluding hydrogens is 511 g/mol. The number of rotatable bonds is 7. The molecule has 2 N–H and O–H groups in total. The number of aliphatic hydroxyl groups excluding tert-OH is 2. The third-order valence-corrected chi connectivity index (χ3v) is 7.72. The Kier molecular flexibility index (Phi) is 7.25. The number of nitrogens with zero attached hydrogens (tertiary/aromatic N) is 5. The number of aliphatic hydroxyl groups is 2. The first-order valence-electron chi connectivity index (χ1n) is 12.0. The summed E-state index contributed by atoms with van der Waals surface area (Å²) in [6.07, 6.45) is -3.40. The second-order valence-electron chi connectivity index (χ2n) is 9.74. The van der Waals surface area contributed by atoms with Gasteiger partial charge in [0.05, 0.1) is 34.7 Å². The lowest BCUT2D eigenvalue weighted by Crippen LogP contribution is -2.40. The van der Waals surface area contributed by atoms with Gasteiger partial charge in [0.25, 0.3) is 0 Å². The predicted octanol–water partition coefficient (Wildman–Crippen LogP) is 3.79. The van der Waals surface area contributed by atoms with E-state index in [1.54, 1.807) is 11.8 Å². The normalized spacial score (nSPS) is 17.5. The standard InChI is InChI=1S/C24H30F3N5O4S/c1-5-19(34)15-11-28-23(30-21(15)24(25,26)27)32-7-6-31-17-10-20(37(4,35)36)14(12-33)9-16(17)29-22(31)18(32)8-13(2)3/h9-11,13,18-19,33-34H,5-8,12H2,1-4H3/t18-,19-/m0/s1. The van der Waals surface area contributed by atoms with Crippen molar-refractivity contribution in [1.29, 1.82) is 0 Å². The predicted molar refractivity (Wildman–Crippen MR) is 131 cm³/mol. The minimum absolute atomic E-state index is 0.0104. The van der Waals surface area contributed by atoms with E-state index in [-0.39, 0.29) is 40.9 Å². The molecule has 1 aliphatic rings. The summed E-state index contributed by atoms with van der Waals surface area (Å²) in [5, 5.41) is 19.9. The Hall–Kier alpha value is -2.77. The average molecular weight is 542 g/mol. The van der Waals surface area contributed by atoms with Crippen LogP contribution in [0.2, 0.25) is 0 Å². The molecule has 0 aliphatic carbocycles. The minimum atomic E-state index is -4.78. The van der Waals surface area contributed by atoms with E-state index >= 15 is 0 Å². The first-order valence-corrected chi connectivity index (χ1v) is 13.9. The molecule has 0 radical (unpaired) electrons. The van der Waals surface area contributed by atoms with Gasteiger partial charge in [-0.1, -0.05) is 20.8 Å². The van der Waals surface area contributed by atoms with Gasteiger partial charge in [0.1, 0.15) is 5.82 Å². The number of hydrogen-bond acceptors (Lipinski definition) is 8. The fourth-order valence-electron chi connectivity index (χ4n) is 4.80. The van der Waals surface area contributed by atoms with E-state index in [1.165, 1.54) is 12.1 Å². The Morgan fingerprint density at radius 3 is 2.46 bits per heavy atom. The third-order valence-electron chi connectivity index (χ3n) is 6.54. The third kappa shape index (κ3) is 5.16. The van der Waals surface area contributed by atoms with Gasteiger partial charge in [-0.25, -0.2) is 23.4 Å². The molecule has 1 aromatic carbocycles. The van der Waals surface area contributed by atoms with Crippen LogP contribution in [-0.2, 0) is 29.2 Å². The van der Waals surface area contributed by atoms with Crippen molar-refractivity contribution in [3.05, 3.63) is 41.0 Å². The van der Waals surface area contributed by atoms with Crippen LogP contribution in [0.15, 0.2) is 23.2 Å². The number of fused-ring (bicyclic) bond motifs is 3. The summed E-state index contributed by atoms with van der Waals surface area (Å²) in [5.41, 5.74) is -0.251. The van der Waals surface area contributed by atoms with Crippen LogP contribution in [0.3, 0.4) is 0 Å². The SMILES string of the molecule is CC[C@H](O)c1cnc(N2CCn3c(nc4cc(CO)c(S(C)(=O)=O)cc43)[C@@H]2CC(C)C)nc1C(F)(F)F. The summed E-state index contributed by atoms with van der Waals surface area (Å²) in [7, 11) is -3.62. The molecule has 0 unspecified atom stereocenters. The highest BCUT2D eigenvalue weighted by atomic mass is 32.2. The maximum atomic E-state index is 13.9. The number of aromatic nitrogens is 4. The second-order valence-corrected chi connectivity index (χ2v) is 11.7. The molecule has 37 heavy (non-hydrogen) atoms. The number of imidazole rings is 1. The molecule has 3 heterocycles. The van der Waals surface area contributed by atoms with E-state index in [4.69, 9.17) is 4.98 Å². The van der Waals surface area contributed by atoms with Crippen molar-refractivity contribution in [2.24, 2.45) is 5.92 Å². The fourth-order valence-corrected chi connectivity index (χ4v) is 5.73. The lowest BCUT2D eigenvalue weighted by molar-refractivity contribution is -0.142. The zero-order valence-corrected chi connectivity index (χ0v) is 21.8. The summed E-state index contributed by atoms with van der Waals surface area (Å²) >= 11 is 0. The first-order chi connectivity index (χ1) is 17.3. The van der Waals surface area contributed by atoms with Crippen LogP contribution in [0.4, 0.5) is 19.1 Å². The van der Waals surface area contributed by atoms with Gasteiger partial charge < -0.3 is 19.7 Å². The number of hydrogen-bond donors (Lipinski definition) is 2. The molecule has 0 saturated heterocycles. The Morgan fingerprint density at radius 2 is 1.89 bits per heavy atom. The van der Waals surface area contributed by atoms with Crippen molar-refractivity contribution >= 4 is 26.8 Å². The van der Waals surface area contributed by atoms with Crippen LogP contribution in [0.25, 0.3) is 11.0 Å². The molecule has 2 aromatic heterocycles. The minimum Gasteiger partial charge on any atom is -0.392 e. The van der Waals surface area contributed by atoms with Crippen LogP contribution in [0, 0.1) is 5.92 Å². The van der Waals surface area contributed by atoms with Crippen molar-refractivity contribution in [2.75, 3.05) is 17.7 Å². The molecule has 202 valence electrons. The van der Waals surface area contributed by atoms with Crippen LogP contribution in [0.1, 0.15) is 68.4 Å². The van der Waals surface area contributed by atoms with Crippen LogP contribution in [-0.4, -0.2) is 51.0 Å². The largest absolute Gasteiger partial charge is 0.433 e. The highest BCUT2D eigenvalue weighted by Crippen LogP contribution is 2.39. The van der Waals surface area contributed by atoms with E-state index in [9.17, 15) is 31.8 Å². The molecular formula is C24H30F3N5O4S. The first kappa shape index (κ1) is 27.3. The number of anilines is 1. The maximum absolute atomic E-state index is 13.9. The van der Waals surface area contributed by atoms with E-state index in [0.717, 1.165) is 12.5 Å². The van der Waals surface area contributed by atoms with Gasteiger partial charge in [-0.3, -0.25) is 0 Å². The Morgan fingerprint density at radius 1 is 1.19 bits per heavy atom. The summed E-state index contributed by atoms with van der Waals surface area (Å²) in [6, 6.07) is 2.55. The lowest BCUT2D eigenvalue weighted by atomic mass is 10.0. The van der Waals surface area contributed by atoms with Gasteiger partial charge in [0, 0.05) is 31.1 Å². The summed E-state index contributed by atoms with van der Waals surface area (Å²) in [4.78, 5) is 14.5. The monoisotopic (exact) mass is 541 g/mol. The Bertz CT molecular complexity index is 1420. The quantitative estimate of drug-likeness (QED) is 0.464. The lowest BCUT2D eigenvalue weighted by Gasteiger charge is -2.37. The van der Waals surface area contributed by atoms with Crippen molar-refractivity contribution in [3.63, 3.8) is 0 Å². The molecule has 0 amide bonds. The van der Waals surface area contributed by atoms with Crippen LogP contribution >= 0.6 is 0 Å². The molecule has 0 fully saturated rings. The Labute approximate surface area is 212 Å². The highest BCUT2D eigenvalue weighted by Gasteiger charge is 2.40. The van der Waals surface area contributed by atoms with Crippen molar-refractivity contribution < 1.29 is 31.8 Å². The van der Waals surface area contributed by atoms with Crippen molar-refractivity contribution in [3.8, 4) is 0 Å². The van der Waals surface area contributed by atoms with Gasteiger partial charge in [-0.15, -0.1) is 0 Å². The van der Waals surface area contributed by atoms with Crippen molar-refractivity contribution in [1.82, 2.24) is 19.5 Å². The molecule has 0 saturated carbocycles. The van der Waals surface area contributed by atoms with E-state index in [0.29, 0.717) is 29.8 Å². The van der Waals surface area contributed by atoms with Crippen molar-refractivity contribution in [2.45, 2.75) is 70.0 Å². The maximum Gasteiger partial charge on any atom is 0.433 e. The summed E-state index contributed by atoms with van der Waals surface area (Å²) in [6.45, 7) is 5.63. The summed E-state index contributed by atoms with van der Waals surface area (Å²) < 4.78 is 68.2. The summed E-state index contributed by atoms with van der Waals surface area (Å²) in [5.74, 6) is 0.581. The van der Waals surface area contributed by atoms with Gasteiger partial charge >= 0.3 is 6.18 Å². The number of sulfone groups is 1. The fraction of sp³-hybridized carbons (Fsp3) is 0.542. The van der Waals surface area contributed by atoms with E-state index < -0.39 is 40.5 Å². The molecule has 0 bridgehead atoms. The highest BCUT2D eigenvalue weighted by molar-refractivity contribution is 7.90. The molecule has 1 aliphatic heterocycles. The van der Waals surface area contributed by atoms with E-state index in [2.05, 4.69) is 9.97 Å². The van der Waals surface area contributed by atoms with Gasteiger partial charge in [-0.05, 0) is 36.5 Å². The smallest absolute Gasteiger partial charge is 0.392 e. The van der Waals surface area contributed by atoms with Gasteiger partial charge in [0.15, 0.2) is 15.5 Å². The molecule has 2 atom stereocenters. The second kappa shape index (κ2) is 9.84. The molecule has 4 rings (SSSR count). The average Bonchev–Trinajstić information content (AvgIpc) is 3.19. The molecule has 0 spiro atoms. The number of benzene rings is 1. The topological polar surface area (TPSA) is 121 Å². The number of halogens is 3. The molecule has 13 heteroatoms. The molecule has 9 nitrogen and oxygen atoms in total. The van der Waals surface area contributed by atoms with Gasteiger partial charge in [0.2, 0.25) is 5.95 Å². The zero-order valence-electron chi connectivity index (χ0n) is 21.0. The van der Waals surface area contributed by atoms with E-state index in [1.807, 2.05) is 18.4 Å². The number of alkyl halides is 3. The zero-order chi connectivity index (χ0) is 27.3. The van der Waals surface area contributed by atoms with Gasteiger partial charge in [-0.2, -0.15) is 13.2 Å². The Balaban J connectivity index is 1.87. The van der Waals surface area contributed by atoms with Crippen LogP contribution in [0.5, 0.6) is 0 Å². The van der Waals surface area contributed by atoms with Crippen LogP contribution < -0.4 is 4.90 Å². The molecule has 3 aromatic rings.